The van der Waals surface area contributed by atoms with Gasteiger partial charge in [0, 0.05) is 18.0 Å². The summed E-state index contributed by atoms with van der Waals surface area (Å²) >= 11 is 0. The minimum Gasteiger partial charge on any atom is -0.368 e. The second-order valence-corrected chi connectivity index (χ2v) is 6.16. The van der Waals surface area contributed by atoms with E-state index < -0.39 is 29.6 Å². The third-order valence-electron chi connectivity index (χ3n) is 4.29. The van der Waals surface area contributed by atoms with E-state index in [2.05, 4.69) is 10.3 Å². The average Bonchev–Trinajstić information content (AvgIpc) is 2.66. The van der Waals surface area contributed by atoms with Crippen LogP contribution in [0.1, 0.15) is 21.5 Å². The number of carbonyl (C=O) groups is 2. The minimum atomic E-state index is -4.58. The molecule has 28 heavy (non-hydrogen) atoms. The second kappa shape index (κ2) is 7.67. The Morgan fingerprint density at radius 2 is 1.71 bits per heavy atom. The van der Waals surface area contributed by atoms with Crippen LogP contribution < -0.4 is 11.1 Å². The lowest BCUT2D eigenvalue weighted by molar-refractivity contribution is -0.138. The summed E-state index contributed by atoms with van der Waals surface area (Å²) in [5.74, 6) is -1.55. The first-order valence-electron chi connectivity index (χ1n) is 8.36. The number of pyridine rings is 1. The van der Waals surface area contributed by atoms with Gasteiger partial charge in [-0.05, 0) is 23.8 Å². The number of amides is 2. The zero-order valence-electron chi connectivity index (χ0n) is 14.5. The molecule has 1 atom stereocenters. The number of fused-ring (bicyclic) bond motifs is 1. The molecule has 0 saturated carbocycles. The van der Waals surface area contributed by atoms with E-state index in [1.807, 2.05) is 0 Å². The van der Waals surface area contributed by atoms with E-state index in [0.29, 0.717) is 10.9 Å². The topological polar surface area (TPSA) is 85.1 Å². The molecule has 8 heteroatoms. The van der Waals surface area contributed by atoms with Crippen LogP contribution in [0.5, 0.6) is 0 Å². The largest absolute Gasteiger partial charge is 0.416 e. The van der Waals surface area contributed by atoms with Crippen molar-refractivity contribution >= 4 is 22.7 Å². The maximum absolute atomic E-state index is 13.2. The van der Waals surface area contributed by atoms with Gasteiger partial charge in [-0.25, -0.2) is 0 Å². The van der Waals surface area contributed by atoms with E-state index in [-0.39, 0.29) is 17.5 Å². The summed E-state index contributed by atoms with van der Waals surface area (Å²) in [6, 6.07) is 11.9. The summed E-state index contributed by atoms with van der Waals surface area (Å²) in [7, 11) is 0. The van der Waals surface area contributed by atoms with Crippen LogP contribution in [0.2, 0.25) is 0 Å². The molecule has 0 spiro atoms. The number of nitrogens with one attached hydrogen (secondary N) is 1. The first kappa shape index (κ1) is 19.3. The number of hydrogen-bond donors (Lipinski definition) is 2. The lowest BCUT2D eigenvalue weighted by atomic mass is 9.99. The molecule has 0 unspecified atom stereocenters. The Morgan fingerprint density at radius 3 is 2.43 bits per heavy atom. The molecule has 0 aliphatic heterocycles. The lowest BCUT2D eigenvalue weighted by Crippen LogP contribution is -2.46. The predicted octanol–water partition coefficient (Wildman–Crippen LogP) is 3.08. The van der Waals surface area contributed by atoms with Crippen molar-refractivity contribution in [2.75, 3.05) is 0 Å². The fourth-order valence-corrected chi connectivity index (χ4v) is 2.95. The molecule has 0 fully saturated rings. The number of para-hydroxylation sites is 1. The van der Waals surface area contributed by atoms with Gasteiger partial charge in [-0.15, -0.1) is 0 Å². The molecule has 0 aliphatic rings. The van der Waals surface area contributed by atoms with Gasteiger partial charge in [0.1, 0.15) is 6.04 Å². The van der Waals surface area contributed by atoms with Crippen LogP contribution in [0.15, 0.2) is 60.8 Å². The normalized spacial score (nSPS) is 12.5. The second-order valence-electron chi connectivity index (χ2n) is 6.16. The van der Waals surface area contributed by atoms with Crippen molar-refractivity contribution in [2.24, 2.45) is 5.73 Å². The molecular formula is C20H16F3N3O2. The fraction of sp³-hybridized carbons (Fsp3) is 0.150. The van der Waals surface area contributed by atoms with Gasteiger partial charge in [-0.1, -0.05) is 36.4 Å². The molecule has 1 heterocycles. The lowest BCUT2D eigenvalue weighted by Gasteiger charge is -2.19. The maximum Gasteiger partial charge on any atom is 0.416 e. The Kier molecular flexibility index (Phi) is 5.30. The van der Waals surface area contributed by atoms with Gasteiger partial charge in [0.15, 0.2) is 0 Å². The third-order valence-corrected chi connectivity index (χ3v) is 4.29. The molecule has 5 nitrogen and oxygen atoms in total. The van der Waals surface area contributed by atoms with Gasteiger partial charge in [0.05, 0.1) is 16.6 Å². The summed E-state index contributed by atoms with van der Waals surface area (Å²) in [6.45, 7) is 0. The number of nitrogens with two attached hydrogens (primary N) is 1. The number of carbonyl (C=O) groups excluding carboxylic acids is 2. The van der Waals surface area contributed by atoms with E-state index >= 15 is 0 Å². The van der Waals surface area contributed by atoms with Gasteiger partial charge < -0.3 is 11.1 Å². The van der Waals surface area contributed by atoms with Crippen molar-refractivity contribution in [1.82, 2.24) is 10.3 Å². The van der Waals surface area contributed by atoms with Gasteiger partial charge in [0.2, 0.25) is 5.91 Å². The van der Waals surface area contributed by atoms with Crippen molar-refractivity contribution in [3.8, 4) is 0 Å². The van der Waals surface area contributed by atoms with Crippen molar-refractivity contribution in [3.05, 3.63) is 77.5 Å². The smallest absolute Gasteiger partial charge is 0.368 e. The number of nitrogens with zero attached hydrogens (tertiary/aromatic N) is 1. The van der Waals surface area contributed by atoms with Crippen LogP contribution in [-0.4, -0.2) is 22.8 Å². The van der Waals surface area contributed by atoms with Crippen molar-refractivity contribution in [1.29, 1.82) is 0 Å². The SMILES string of the molecule is NC(=O)[C@H](Cc1ccccc1C(F)(F)F)NC(=O)c1ccnc2ccccc12. The molecular weight excluding hydrogens is 371 g/mol. The Hall–Kier alpha value is -3.42. The molecule has 3 aromatic rings. The summed E-state index contributed by atoms with van der Waals surface area (Å²) < 4.78 is 39.6. The molecule has 3 N–H and O–H groups in total. The molecule has 2 amide bonds. The minimum absolute atomic E-state index is 0.126. The van der Waals surface area contributed by atoms with Gasteiger partial charge in [-0.3, -0.25) is 14.6 Å². The van der Waals surface area contributed by atoms with Gasteiger partial charge in [-0.2, -0.15) is 13.2 Å². The standard InChI is InChI=1S/C20H16F3N3O2/c21-20(22,23)15-7-3-1-5-12(15)11-17(18(24)27)26-19(28)14-9-10-25-16-8-4-2-6-13(14)16/h1-10,17H,11H2,(H2,24,27)(H,26,28)/t17-/m0/s1. The van der Waals surface area contributed by atoms with Crippen molar-refractivity contribution in [2.45, 2.75) is 18.6 Å². The molecule has 0 saturated heterocycles. The highest BCUT2D eigenvalue weighted by Gasteiger charge is 2.34. The summed E-state index contributed by atoms with van der Waals surface area (Å²) in [5, 5.41) is 3.00. The van der Waals surface area contributed by atoms with Crippen LogP contribution >= 0.6 is 0 Å². The van der Waals surface area contributed by atoms with E-state index in [1.165, 1.54) is 30.5 Å². The number of halogens is 3. The quantitative estimate of drug-likeness (QED) is 0.706. The first-order valence-corrected chi connectivity index (χ1v) is 8.36. The Morgan fingerprint density at radius 1 is 1.04 bits per heavy atom. The summed E-state index contributed by atoms with van der Waals surface area (Å²) in [4.78, 5) is 28.6. The van der Waals surface area contributed by atoms with Gasteiger partial charge >= 0.3 is 6.18 Å². The van der Waals surface area contributed by atoms with E-state index in [9.17, 15) is 22.8 Å². The van der Waals surface area contributed by atoms with Crippen molar-refractivity contribution < 1.29 is 22.8 Å². The molecule has 3 rings (SSSR count). The molecule has 144 valence electrons. The number of hydrogen-bond acceptors (Lipinski definition) is 3. The first-order chi connectivity index (χ1) is 13.3. The van der Waals surface area contributed by atoms with Crippen LogP contribution in [0, 0.1) is 0 Å². The number of benzene rings is 2. The molecule has 0 radical (unpaired) electrons. The highest BCUT2D eigenvalue weighted by molar-refractivity contribution is 6.07. The number of aromatic nitrogens is 1. The Balaban J connectivity index is 1.89. The van der Waals surface area contributed by atoms with E-state index in [1.54, 1.807) is 24.3 Å². The monoisotopic (exact) mass is 387 g/mol. The number of primary amides is 1. The highest BCUT2D eigenvalue weighted by Crippen LogP contribution is 2.32. The maximum atomic E-state index is 13.2. The zero-order valence-corrected chi connectivity index (χ0v) is 14.5. The highest BCUT2D eigenvalue weighted by atomic mass is 19.4. The third kappa shape index (κ3) is 4.11. The van der Waals surface area contributed by atoms with E-state index in [0.717, 1.165) is 6.07 Å². The van der Waals surface area contributed by atoms with Crippen LogP contribution in [0.25, 0.3) is 10.9 Å². The molecule has 0 bridgehead atoms. The molecule has 2 aromatic carbocycles. The van der Waals surface area contributed by atoms with E-state index in [4.69, 9.17) is 5.73 Å². The summed E-state index contributed by atoms with van der Waals surface area (Å²) in [6.07, 6.45) is -3.51. The number of rotatable bonds is 5. The predicted molar refractivity (Wildman–Crippen MR) is 97.3 cm³/mol. The Bertz CT molecular complexity index is 1030. The summed E-state index contributed by atoms with van der Waals surface area (Å²) in [5.41, 5.74) is 5.17. The zero-order chi connectivity index (χ0) is 20.3. The van der Waals surface area contributed by atoms with Crippen molar-refractivity contribution in [3.63, 3.8) is 0 Å². The average molecular weight is 387 g/mol. The van der Waals surface area contributed by atoms with Crippen LogP contribution in [0.3, 0.4) is 0 Å². The van der Waals surface area contributed by atoms with Crippen LogP contribution in [-0.2, 0) is 17.4 Å². The fourth-order valence-electron chi connectivity index (χ4n) is 2.95. The Labute approximate surface area is 158 Å². The van der Waals surface area contributed by atoms with Crippen LogP contribution in [0.4, 0.5) is 13.2 Å². The molecule has 0 aliphatic carbocycles. The number of alkyl halides is 3. The molecule has 1 aromatic heterocycles. The van der Waals surface area contributed by atoms with Gasteiger partial charge in [0.25, 0.3) is 5.91 Å².